The molecule has 3 heterocycles. The molecular formula is C32H39FN6O2. The van der Waals surface area contributed by atoms with Gasteiger partial charge < -0.3 is 19.4 Å². The van der Waals surface area contributed by atoms with Crippen molar-refractivity contribution >= 4 is 5.95 Å². The SMILES string of the molecule is CCCCNc1nccc(-c2c(-c3ccc(F)cc3)nc3n2[C@H](CN(CCOC)Cc2ccc(OC)cc2)CC3)n1. The summed E-state index contributed by atoms with van der Waals surface area (Å²) in [5.41, 5.74) is 4.67. The van der Waals surface area contributed by atoms with E-state index < -0.39 is 0 Å². The van der Waals surface area contributed by atoms with E-state index in [9.17, 15) is 4.39 Å². The highest BCUT2D eigenvalue weighted by atomic mass is 19.1. The van der Waals surface area contributed by atoms with Gasteiger partial charge in [0.1, 0.15) is 17.4 Å². The van der Waals surface area contributed by atoms with E-state index >= 15 is 0 Å². The van der Waals surface area contributed by atoms with Crippen molar-refractivity contribution in [3.63, 3.8) is 0 Å². The fourth-order valence-corrected chi connectivity index (χ4v) is 5.40. The zero-order valence-electron chi connectivity index (χ0n) is 24.1. The Kier molecular flexibility index (Phi) is 9.59. The van der Waals surface area contributed by atoms with Crippen LogP contribution in [0.3, 0.4) is 0 Å². The summed E-state index contributed by atoms with van der Waals surface area (Å²) < 4.78 is 27.0. The Bertz CT molecular complexity index is 1410. The van der Waals surface area contributed by atoms with Crippen LogP contribution in [0.1, 0.15) is 43.6 Å². The predicted octanol–water partition coefficient (Wildman–Crippen LogP) is 6.00. The molecule has 41 heavy (non-hydrogen) atoms. The van der Waals surface area contributed by atoms with Gasteiger partial charge in [-0.2, -0.15) is 0 Å². The molecule has 1 atom stereocenters. The fourth-order valence-electron chi connectivity index (χ4n) is 5.40. The number of unbranched alkanes of at least 4 members (excludes halogenated alkanes) is 1. The molecule has 0 saturated heterocycles. The number of methoxy groups -OCH3 is 2. The molecule has 0 fully saturated rings. The zero-order chi connectivity index (χ0) is 28.6. The van der Waals surface area contributed by atoms with Crippen molar-refractivity contribution in [2.45, 2.75) is 45.2 Å². The first-order chi connectivity index (χ1) is 20.1. The first-order valence-electron chi connectivity index (χ1n) is 14.4. The van der Waals surface area contributed by atoms with E-state index in [0.29, 0.717) is 12.6 Å². The lowest BCUT2D eigenvalue weighted by atomic mass is 10.1. The maximum Gasteiger partial charge on any atom is 0.223 e. The quantitative estimate of drug-likeness (QED) is 0.190. The number of halogens is 1. The van der Waals surface area contributed by atoms with E-state index in [-0.39, 0.29) is 11.9 Å². The summed E-state index contributed by atoms with van der Waals surface area (Å²) in [5.74, 6) is 2.21. The van der Waals surface area contributed by atoms with E-state index in [4.69, 9.17) is 19.4 Å². The molecule has 1 N–H and O–H groups in total. The molecule has 2 aromatic carbocycles. The molecule has 1 aliphatic heterocycles. The number of aryl methyl sites for hydroxylation is 1. The van der Waals surface area contributed by atoms with Crippen LogP contribution in [0, 0.1) is 5.82 Å². The van der Waals surface area contributed by atoms with Gasteiger partial charge in [0.05, 0.1) is 30.8 Å². The van der Waals surface area contributed by atoms with Crippen molar-refractivity contribution in [1.29, 1.82) is 0 Å². The molecule has 0 radical (unpaired) electrons. The zero-order valence-corrected chi connectivity index (χ0v) is 24.1. The number of nitrogens with zero attached hydrogens (tertiary/aromatic N) is 5. The van der Waals surface area contributed by atoms with Gasteiger partial charge >= 0.3 is 0 Å². The van der Waals surface area contributed by atoms with E-state index in [2.05, 4.69) is 38.8 Å². The van der Waals surface area contributed by atoms with E-state index in [1.54, 1.807) is 32.5 Å². The topological polar surface area (TPSA) is 77.3 Å². The molecule has 0 unspecified atom stereocenters. The van der Waals surface area contributed by atoms with Gasteiger partial charge in [-0.1, -0.05) is 25.5 Å². The van der Waals surface area contributed by atoms with Crippen LogP contribution >= 0.6 is 0 Å². The standard InChI is InChI=1S/C32H39FN6O2/c1-4-5-17-34-32-35-18-16-28(36-32)31-30(24-8-10-25(33)11-9-24)37-29-15-12-26(39(29)31)22-38(19-20-40-2)21-23-6-13-27(41-3)14-7-23/h6-11,13-14,16,18,26H,4-5,12,15,17,19-22H2,1-3H3,(H,34,35,36)/t26-/m0/s1. The van der Waals surface area contributed by atoms with E-state index in [1.165, 1.54) is 17.7 Å². The Morgan fingerprint density at radius 3 is 2.59 bits per heavy atom. The molecule has 9 heteroatoms. The summed E-state index contributed by atoms with van der Waals surface area (Å²) in [4.78, 5) is 16.9. The Morgan fingerprint density at radius 2 is 1.85 bits per heavy atom. The third-order valence-corrected chi connectivity index (χ3v) is 7.53. The maximum absolute atomic E-state index is 13.8. The van der Waals surface area contributed by atoms with Gasteiger partial charge in [0.25, 0.3) is 0 Å². The van der Waals surface area contributed by atoms with Gasteiger partial charge in [0, 0.05) is 57.5 Å². The molecule has 5 rings (SSSR count). The van der Waals surface area contributed by atoms with Crippen molar-refractivity contribution in [2.75, 3.05) is 45.8 Å². The summed E-state index contributed by atoms with van der Waals surface area (Å²) in [6, 6.07) is 16.9. The largest absolute Gasteiger partial charge is 0.497 e. The first-order valence-corrected chi connectivity index (χ1v) is 14.4. The first kappa shape index (κ1) is 28.7. The minimum Gasteiger partial charge on any atom is -0.497 e. The van der Waals surface area contributed by atoms with Crippen LogP contribution in [-0.4, -0.2) is 64.9 Å². The molecule has 0 bridgehead atoms. The van der Waals surface area contributed by atoms with Crippen LogP contribution in [-0.2, 0) is 17.7 Å². The third kappa shape index (κ3) is 6.92. The Labute approximate surface area is 241 Å². The minimum absolute atomic E-state index is 0.197. The number of ether oxygens (including phenoxy) is 2. The van der Waals surface area contributed by atoms with Crippen molar-refractivity contribution < 1.29 is 13.9 Å². The summed E-state index contributed by atoms with van der Waals surface area (Å²) >= 11 is 0. The molecule has 0 spiro atoms. The van der Waals surface area contributed by atoms with Gasteiger partial charge in [0.2, 0.25) is 5.95 Å². The van der Waals surface area contributed by atoms with Crippen LogP contribution in [0.5, 0.6) is 5.75 Å². The number of imidazole rings is 1. The normalized spacial score (nSPS) is 14.4. The number of benzene rings is 2. The third-order valence-electron chi connectivity index (χ3n) is 7.53. The molecule has 4 aromatic rings. The predicted molar refractivity (Wildman–Crippen MR) is 160 cm³/mol. The number of fused-ring (bicyclic) bond motifs is 1. The molecule has 2 aromatic heterocycles. The molecule has 0 saturated carbocycles. The molecule has 0 amide bonds. The van der Waals surface area contributed by atoms with E-state index in [1.807, 2.05) is 18.2 Å². The number of anilines is 1. The lowest BCUT2D eigenvalue weighted by Crippen LogP contribution is -2.32. The highest BCUT2D eigenvalue weighted by molar-refractivity contribution is 5.78. The highest BCUT2D eigenvalue weighted by Gasteiger charge is 2.32. The number of rotatable bonds is 14. The van der Waals surface area contributed by atoms with Gasteiger partial charge in [-0.25, -0.2) is 19.3 Å². The average molecular weight is 559 g/mol. The monoisotopic (exact) mass is 558 g/mol. The molecular weight excluding hydrogens is 519 g/mol. The molecule has 216 valence electrons. The summed E-state index contributed by atoms with van der Waals surface area (Å²) in [5, 5.41) is 3.35. The average Bonchev–Trinajstić information content (AvgIpc) is 3.57. The van der Waals surface area contributed by atoms with E-state index in [0.717, 1.165) is 86.1 Å². The fraction of sp³-hybridized carbons (Fsp3) is 0.406. The second-order valence-electron chi connectivity index (χ2n) is 10.4. The summed E-state index contributed by atoms with van der Waals surface area (Å²) in [7, 11) is 3.42. The molecule has 8 nitrogen and oxygen atoms in total. The van der Waals surface area contributed by atoms with Crippen LogP contribution in [0.25, 0.3) is 22.6 Å². The molecule has 1 aliphatic rings. The lowest BCUT2D eigenvalue weighted by Gasteiger charge is -2.27. The van der Waals surface area contributed by atoms with Gasteiger partial charge in [0.15, 0.2) is 0 Å². The van der Waals surface area contributed by atoms with Crippen molar-refractivity contribution in [1.82, 2.24) is 24.4 Å². The number of nitrogens with one attached hydrogen (secondary N) is 1. The summed E-state index contributed by atoms with van der Waals surface area (Å²) in [6.45, 7) is 6.06. The van der Waals surface area contributed by atoms with Gasteiger partial charge in [-0.15, -0.1) is 0 Å². The van der Waals surface area contributed by atoms with Crippen molar-refractivity contribution in [3.8, 4) is 28.4 Å². The smallest absolute Gasteiger partial charge is 0.223 e. The summed E-state index contributed by atoms with van der Waals surface area (Å²) in [6.07, 6.45) is 5.78. The van der Waals surface area contributed by atoms with Crippen LogP contribution in [0.2, 0.25) is 0 Å². The number of aromatic nitrogens is 4. The van der Waals surface area contributed by atoms with Crippen LogP contribution < -0.4 is 10.1 Å². The van der Waals surface area contributed by atoms with Crippen LogP contribution in [0.15, 0.2) is 60.8 Å². The Balaban J connectivity index is 1.49. The Hall–Kier alpha value is -3.82. The van der Waals surface area contributed by atoms with Crippen molar-refractivity contribution in [2.24, 2.45) is 0 Å². The van der Waals surface area contributed by atoms with Crippen LogP contribution in [0.4, 0.5) is 10.3 Å². The maximum atomic E-state index is 13.8. The van der Waals surface area contributed by atoms with Crippen molar-refractivity contribution in [3.05, 3.63) is 78.0 Å². The second-order valence-corrected chi connectivity index (χ2v) is 10.4. The van der Waals surface area contributed by atoms with Gasteiger partial charge in [-0.05, 0) is 60.9 Å². The highest BCUT2D eigenvalue weighted by Crippen LogP contribution is 2.39. The second kappa shape index (κ2) is 13.7. The number of hydrogen-bond donors (Lipinski definition) is 1. The Morgan fingerprint density at radius 1 is 1.05 bits per heavy atom. The van der Waals surface area contributed by atoms with Gasteiger partial charge in [-0.3, -0.25) is 4.90 Å². The number of hydrogen-bond acceptors (Lipinski definition) is 7. The minimum atomic E-state index is -0.267. The lowest BCUT2D eigenvalue weighted by molar-refractivity contribution is 0.134. The molecule has 0 aliphatic carbocycles.